The number of fused-ring (bicyclic) bond motifs is 6. The van der Waals surface area contributed by atoms with E-state index in [9.17, 15) is 9.59 Å². The zero-order chi connectivity index (χ0) is 34.9. The van der Waals surface area contributed by atoms with Crippen LogP contribution in [0.4, 0.5) is 0 Å². The number of ether oxygens (including phenoxy) is 2. The topological polar surface area (TPSA) is 71.1 Å². The molecular formula is C42H58O6. The van der Waals surface area contributed by atoms with Crippen molar-refractivity contribution in [2.75, 3.05) is 14.2 Å². The molecular weight excluding hydrogens is 600 g/mol. The third kappa shape index (κ3) is 5.35. The van der Waals surface area contributed by atoms with Crippen LogP contribution in [0.1, 0.15) is 140 Å². The van der Waals surface area contributed by atoms with E-state index in [0.29, 0.717) is 0 Å². The van der Waals surface area contributed by atoms with Crippen LogP contribution in [0.25, 0.3) is 0 Å². The molecule has 6 nitrogen and oxygen atoms in total. The summed E-state index contributed by atoms with van der Waals surface area (Å²) in [4.78, 5) is 38.6. The van der Waals surface area contributed by atoms with E-state index in [2.05, 4.69) is 91.8 Å². The summed E-state index contributed by atoms with van der Waals surface area (Å²) >= 11 is 0. The van der Waals surface area contributed by atoms with Crippen LogP contribution >= 0.6 is 0 Å². The molecule has 2 fully saturated rings. The molecule has 0 radical (unpaired) electrons. The lowest BCUT2D eigenvalue weighted by molar-refractivity contribution is -0.410. The van der Waals surface area contributed by atoms with Gasteiger partial charge in [0.15, 0.2) is 0 Å². The Morgan fingerprint density at radius 2 is 1.00 bits per heavy atom. The summed E-state index contributed by atoms with van der Waals surface area (Å²) in [6, 6.07) is 13.6. The minimum atomic E-state index is -0.674. The van der Waals surface area contributed by atoms with Crippen molar-refractivity contribution in [2.24, 2.45) is 22.7 Å². The number of hydrogen-bond donors (Lipinski definition) is 0. The van der Waals surface area contributed by atoms with E-state index >= 15 is 0 Å². The fourth-order valence-electron chi connectivity index (χ4n) is 11.0. The highest BCUT2D eigenvalue weighted by atomic mass is 17.2. The fourth-order valence-corrected chi connectivity index (χ4v) is 11.0. The van der Waals surface area contributed by atoms with Gasteiger partial charge in [-0.2, -0.15) is 0 Å². The van der Waals surface area contributed by atoms with Crippen molar-refractivity contribution in [1.82, 2.24) is 0 Å². The van der Waals surface area contributed by atoms with E-state index in [4.69, 9.17) is 19.2 Å². The van der Waals surface area contributed by atoms with Crippen LogP contribution in [-0.4, -0.2) is 26.2 Å². The van der Waals surface area contributed by atoms with Crippen LogP contribution in [0.3, 0.4) is 0 Å². The maximum absolute atomic E-state index is 13.0. The predicted molar refractivity (Wildman–Crippen MR) is 187 cm³/mol. The molecule has 6 unspecified atom stereocenters. The van der Waals surface area contributed by atoms with Crippen molar-refractivity contribution in [3.8, 4) is 0 Å². The summed E-state index contributed by atoms with van der Waals surface area (Å²) in [6.07, 6.45) is 9.81. The predicted octanol–water partition coefficient (Wildman–Crippen LogP) is 9.17. The minimum Gasteiger partial charge on any atom is -0.469 e. The first-order valence-corrected chi connectivity index (χ1v) is 18.3. The number of carbonyl (C=O) groups is 2. The lowest BCUT2D eigenvalue weighted by Crippen LogP contribution is -2.52. The van der Waals surface area contributed by atoms with E-state index in [1.165, 1.54) is 36.5 Å². The van der Waals surface area contributed by atoms with E-state index in [0.717, 1.165) is 75.3 Å². The molecule has 0 aliphatic heterocycles. The number of benzene rings is 2. The van der Waals surface area contributed by atoms with Gasteiger partial charge in [-0.05, 0) is 149 Å². The second kappa shape index (κ2) is 12.0. The highest BCUT2D eigenvalue weighted by molar-refractivity contribution is 5.78. The Morgan fingerprint density at radius 3 is 1.35 bits per heavy atom. The number of esters is 2. The van der Waals surface area contributed by atoms with Crippen molar-refractivity contribution in [1.29, 1.82) is 0 Å². The number of carbonyl (C=O) groups excluding carboxylic acids is 2. The first-order chi connectivity index (χ1) is 22.5. The molecule has 0 N–H and O–H groups in total. The van der Waals surface area contributed by atoms with Crippen molar-refractivity contribution in [2.45, 2.75) is 142 Å². The molecule has 2 aromatic carbocycles. The Hall–Kier alpha value is -2.70. The minimum absolute atomic E-state index is 0.0596. The molecule has 6 rings (SSSR count). The fraction of sp³-hybridized carbons (Fsp3) is 0.667. The third-order valence-corrected chi connectivity index (χ3v) is 13.9. The number of aryl methyl sites for hydroxylation is 2. The smallest absolute Gasteiger partial charge is 0.311 e. The zero-order valence-electron chi connectivity index (χ0n) is 31.1. The Kier molecular flexibility index (Phi) is 8.76. The van der Waals surface area contributed by atoms with Gasteiger partial charge in [-0.3, -0.25) is 9.59 Å². The van der Waals surface area contributed by atoms with Gasteiger partial charge >= 0.3 is 11.9 Å². The molecule has 48 heavy (non-hydrogen) atoms. The van der Waals surface area contributed by atoms with Crippen LogP contribution < -0.4 is 0 Å². The van der Waals surface area contributed by atoms with Gasteiger partial charge in [0.25, 0.3) is 0 Å². The Balaban J connectivity index is 1.20. The average Bonchev–Trinajstić information content (AvgIpc) is 3.06. The van der Waals surface area contributed by atoms with Crippen LogP contribution in [0, 0.1) is 22.7 Å². The summed E-state index contributed by atoms with van der Waals surface area (Å²) < 4.78 is 10.6. The summed E-state index contributed by atoms with van der Waals surface area (Å²) in [5.74, 6) is 0.387. The van der Waals surface area contributed by atoms with Crippen molar-refractivity contribution in [3.63, 3.8) is 0 Å². The summed E-state index contributed by atoms with van der Waals surface area (Å²) in [7, 11) is 3.04. The van der Waals surface area contributed by atoms with Crippen molar-refractivity contribution >= 4 is 11.9 Å². The molecule has 4 aliphatic carbocycles. The largest absolute Gasteiger partial charge is 0.469 e. The van der Waals surface area contributed by atoms with Gasteiger partial charge in [0.05, 0.1) is 25.0 Å². The molecule has 6 heteroatoms. The maximum Gasteiger partial charge on any atom is 0.311 e. The van der Waals surface area contributed by atoms with Gasteiger partial charge in [-0.1, -0.05) is 63.1 Å². The summed E-state index contributed by atoms with van der Waals surface area (Å²) in [5, 5.41) is 0. The second-order valence-corrected chi connectivity index (χ2v) is 17.5. The maximum atomic E-state index is 13.0. The monoisotopic (exact) mass is 658 g/mol. The van der Waals surface area contributed by atoms with E-state index in [-0.39, 0.29) is 34.6 Å². The molecule has 0 amide bonds. The van der Waals surface area contributed by atoms with Gasteiger partial charge in [0.2, 0.25) is 0 Å². The molecule has 0 spiro atoms. The second-order valence-electron chi connectivity index (χ2n) is 17.5. The van der Waals surface area contributed by atoms with E-state index in [1.54, 1.807) is 0 Å². The van der Waals surface area contributed by atoms with Gasteiger partial charge < -0.3 is 9.47 Å². The Labute approximate surface area is 288 Å². The lowest BCUT2D eigenvalue weighted by atomic mass is 9.49. The van der Waals surface area contributed by atoms with E-state index < -0.39 is 22.0 Å². The van der Waals surface area contributed by atoms with Crippen LogP contribution in [0.5, 0.6) is 0 Å². The summed E-state index contributed by atoms with van der Waals surface area (Å²) in [5.41, 5.74) is 5.24. The normalized spacial score (nSPS) is 33.0. The standard InChI is InChI=1S/C42H58O6/c1-37(2,29-15-17-31-27(25-29)13-19-33-39(31,5)21-11-23-41(33,7)35(43)45-9)47-48-38(3,4)30-16-18-32-28(26-30)14-20-34-40(32,6)22-12-24-42(34,8)36(44)46-10/h15-18,25-26,33-34H,11-14,19-24H2,1-10H3. The third-order valence-electron chi connectivity index (χ3n) is 13.9. The molecule has 0 saturated heterocycles. The molecule has 2 aromatic rings. The van der Waals surface area contributed by atoms with Gasteiger partial charge in [0.1, 0.15) is 11.2 Å². The zero-order valence-corrected chi connectivity index (χ0v) is 31.1. The highest BCUT2D eigenvalue weighted by Gasteiger charge is 2.57. The molecule has 6 atom stereocenters. The van der Waals surface area contributed by atoms with Crippen LogP contribution in [-0.2, 0) is 63.7 Å². The highest BCUT2D eigenvalue weighted by Crippen LogP contribution is 2.59. The Morgan fingerprint density at radius 1 is 0.625 bits per heavy atom. The Bertz CT molecular complexity index is 1470. The van der Waals surface area contributed by atoms with E-state index in [1.807, 2.05) is 0 Å². The number of hydrogen-bond acceptors (Lipinski definition) is 6. The summed E-state index contributed by atoms with van der Waals surface area (Å²) in [6.45, 7) is 17.2. The van der Waals surface area contributed by atoms with Crippen molar-refractivity contribution < 1.29 is 28.8 Å². The van der Waals surface area contributed by atoms with Gasteiger partial charge in [-0.15, -0.1) is 0 Å². The molecule has 262 valence electrons. The molecule has 0 aromatic heterocycles. The first-order valence-electron chi connectivity index (χ1n) is 18.3. The SMILES string of the molecule is COC(=O)C1(C)CCCC2(C)c3ccc(C(C)(C)OOC(C)(C)c4ccc5c(c4)CCC4C(C)(C(=O)OC)CCCC54C)cc3CCC12. The molecule has 0 heterocycles. The lowest BCUT2D eigenvalue weighted by Gasteiger charge is -2.54. The van der Waals surface area contributed by atoms with Gasteiger partial charge in [-0.25, -0.2) is 9.78 Å². The van der Waals surface area contributed by atoms with Crippen molar-refractivity contribution in [3.05, 3.63) is 69.8 Å². The average molecular weight is 659 g/mol. The quantitative estimate of drug-likeness (QED) is 0.168. The van der Waals surface area contributed by atoms with Crippen LogP contribution in [0.2, 0.25) is 0 Å². The van der Waals surface area contributed by atoms with Gasteiger partial charge in [0, 0.05) is 0 Å². The number of rotatable bonds is 7. The molecule has 4 aliphatic rings. The first kappa shape index (κ1) is 35.1. The molecule has 2 saturated carbocycles. The number of methoxy groups -OCH3 is 2. The van der Waals surface area contributed by atoms with Crippen LogP contribution in [0.15, 0.2) is 36.4 Å². The molecule has 0 bridgehead atoms.